The van der Waals surface area contributed by atoms with Crippen LogP contribution in [0.3, 0.4) is 0 Å². The molecule has 4 aromatic rings. The third-order valence-electron chi connectivity index (χ3n) is 7.19. The van der Waals surface area contributed by atoms with Gasteiger partial charge in [0, 0.05) is 23.4 Å². The van der Waals surface area contributed by atoms with Crippen molar-refractivity contribution in [3.8, 4) is 22.5 Å². The van der Waals surface area contributed by atoms with Gasteiger partial charge in [0.15, 0.2) is 0 Å². The van der Waals surface area contributed by atoms with Gasteiger partial charge < -0.3 is 14.2 Å². The molecule has 0 saturated carbocycles. The van der Waals surface area contributed by atoms with E-state index in [9.17, 15) is 9.59 Å². The average molecular weight is 571 g/mol. The lowest BCUT2D eigenvalue weighted by molar-refractivity contribution is 0.0889. The van der Waals surface area contributed by atoms with Gasteiger partial charge in [0.05, 0.1) is 19.7 Å². The molecule has 2 heterocycles. The minimum atomic E-state index is -0.366. The molecular weight excluding hydrogens is 528 g/mol. The van der Waals surface area contributed by atoms with Crippen LogP contribution >= 0.6 is 0 Å². The van der Waals surface area contributed by atoms with E-state index in [2.05, 4.69) is 58.7 Å². The monoisotopic (exact) mass is 570 g/mol. The van der Waals surface area contributed by atoms with Gasteiger partial charge in [0.1, 0.15) is 0 Å². The fraction of sp³-hybridized carbons (Fsp3) is 0.424. The number of aromatic amines is 1. The maximum absolute atomic E-state index is 13.9. The van der Waals surface area contributed by atoms with E-state index in [1.54, 1.807) is 4.90 Å². The first kappa shape index (κ1) is 30.7. The second-order valence-corrected chi connectivity index (χ2v) is 11.1. The third kappa shape index (κ3) is 7.93. The van der Waals surface area contributed by atoms with Gasteiger partial charge in [-0.3, -0.25) is 4.79 Å². The lowest BCUT2D eigenvalue weighted by Gasteiger charge is -2.23. The number of H-pyrrole nitrogens is 1. The van der Waals surface area contributed by atoms with Gasteiger partial charge in [-0.25, -0.2) is 4.79 Å². The number of benzene rings is 2. The minimum absolute atomic E-state index is 0.0618. The maximum Gasteiger partial charge on any atom is 0.410 e. The van der Waals surface area contributed by atoms with Crippen LogP contribution in [0.15, 0.2) is 65.5 Å². The zero-order valence-corrected chi connectivity index (χ0v) is 25.2. The summed E-state index contributed by atoms with van der Waals surface area (Å²) in [4.78, 5) is 28.4. The van der Waals surface area contributed by atoms with Crippen LogP contribution in [0.5, 0.6) is 0 Å². The van der Waals surface area contributed by atoms with E-state index in [1.807, 2.05) is 54.8 Å². The summed E-state index contributed by atoms with van der Waals surface area (Å²) in [7, 11) is 0. The van der Waals surface area contributed by atoms with Crippen LogP contribution < -0.4 is 5.56 Å². The Kier molecular flexibility index (Phi) is 11.0. The molecule has 222 valence electrons. The van der Waals surface area contributed by atoms with Crippen LogP contribution in [0.4, 0.5) is 4.79 Å². The predicted molar refractivity (Wildman–Crippen MR) is 165 cm³/mol. The summed E-state index contributed by atoms with van der Waals surface area (Å²) in [5, 5.41) is 14.5. The number of rotatable bonds is 14. The quantitative estimate of drug-likeness (QED) is 0.186. The van der Waals surface area contributed by atoms with Gasteiger partial charge in [-0.15, -0.1) is 10.2 Å². The highest BCUT2D eigenvalue weighted by Crippen LogP contribution is 2.29. The molecule has 0 unspecified atom stereocenters. The number of aromatic nitrogens is 5. The van der Waals surface area contributed by atoms with Crippen LogP contribution in [0.2, 0.25) is 0 Å². The van der Waals surface area contributed by atoms with E-state index < -0.39 is 0 Å². The molecule has 1 amide bonds. The molecule has 4 rings (SSSR count). The summed E-state index contributed by atoms with van der Waals surface area (Å²) < 4.78 is 7.39. The van der Waals surface area contributed by atoms with Crippen LogP contribution in [-0.4, -0.2) is 49.3 Å². The average Bonchev–Trinajstić information content (AvgIpc) is 3.55. The molecule has 9 heteroatoms. The number of hydrogen-bond donors (Lipinski definition) is 1. The van der Waals surface area contributed by atoms with E-state index in [4.69, 9.17) is 4.74 Å². The Labute approximate surface area is 247 Å². The standard InChI is InChI=1S/C33H42N6O3/c1-5-7-11-28-19-18-27(22-38(20-8-6-2)33(41)42-23-24(3)4)32(40)39(28)21-25-14-16-26(17-15-25)29-12-9-10-13-30(29)31-34-36-37-35-31/h9-10,12-19,24H,5-8,11,20-23H2,1-4H3,(H,34,35,36,37). The first-order chi connectivity index (χ1) is 20.4. The maximum atomic E-state index is 13.9. The number of aryl methyl sites for hydroxylation is 1. The van der Waals surface area contributed by atoms with Crippen LogP contribution in [0.25, 0.3) is 22.5 Å². The minimum Gasteiger partial charge on any atom is -0.449 e. The number of pyridine rings is 1. The first-order valence-corrected chi connectivity index (χ1v) is 15.0. The Morgan fingerprint density at radius 3 is 2.38 bits per heavy atom. The van der Waals surface area contributed by atoms with Crippen molar-refractivity contribution in [3.63, 3.8) is 0 Å². The van der Waals surface area contributed by atoms with E-state index in [0.717, 1.165) is 60.1 Å². The smallest absolute Gasteiger partial charge is 0.410 e. The van der Waals surface area contributed by atoms with Crippen LogP contribution in [-0.2, 0) is 24.2 Å². The summed E-state index contributed by atoms with van der Waals surface area (Å²) in [6.07, 6.45) is 4.28. The van der Waals surface area contributed by atoms with E-state index in [1.165, 1.54) is 0 Å². The summed E-state index contributed by atoms with van der Waals surface area (Å²) >= 11 is 0. The van der Waals surface area contributed by atoms with Gasteiger partial charge in [-0.2, -0.15) is 5.21 Å². The summed E-state index contributed by atoms with van der Waals surface area (Å²) in [5.74, 6) is 0.788. The Morgan fingerprint density at radius 2 is 1.71 bits per heavy atom. The van der Waals surface area contributed by atoms with Crippen LogP contribution in [0.1, 0.15) is 70.2 Å². The van der Waals surface area contributed by atoms with E-state index >= 15 is 0 Å². The molecule has 0 aliphatic carbocycles. The van der Waals surface area contributed by atoms with E-state index in [0.29, 0.717) is 31.1 Å². The highest BCUT2D eigenvalue weighted by atomic mass is 16.6. The number of amides is 1. The summed E-state index contributed by atoms with van der Waals surface area (Å²) in [5.41, 5.74) is 5.48. The zero-order chi connectivity index (χ0) is 29.9. The zero-order valence-electron chi connectivity index (χ0n) is 25.2. The molecule has 0 spiro atoms. The molecule has 2 aromatic carbocycles. The lowest BCUT2D eigenvalue weighted by Crippen LogP contribution is -2.36. The Bertz CT molecular complexity index is 1480. The Hall–Kier alpha value is -4.27. The first-order valence-electron chi connectivity index (χ1n) is 15.0. The van der Waals surface area contributed by atoms with Crippen molar-refractivity contribution in [2.24, 2.45) is 5.92 Å². The number of unbranched alkanes of at least 4 members (excludes halogenated alkanes) is 2. The van der Waals surface area contributed by atoms with Gasteiger partial charge in [0.2, 0.25) is 5.82 Å². The Morgan fingerprint density at radius 1 is 0.976 bits per heavy atom. The van der Waals surface area contributed by atoms with Gasteiger partial charge in [0.25, 0.3) is 5.56 Å². The second kappa shape index (κ2) is 15.1. The van der Waals surface area contributed by atoms with Crippen molar-refractivity contribution in [2.75, 3.05) is 13.2 Å². The number of nitrogens with zero attached hydrogens (tertiary/aromatic N) is 5. The molecular formula is C33H42N6O3. The molecule has 0 atom stereocenters. The summed E-state index contributed by atoms with van der Waals surface area (Å²) in [6, 6.07) is 20.1. The fourth-order valence-electron chi connectivity index (χ4n) is 4.83. The SMILES string of the molecule is CCCCc1ccc(CN(CCCC)C(=O)OCC(C)C)c(=O)n1Cc1ccc(-c2ccccc2-c2nn[nH]n2)cc1. The largest absolute Gasteiger partial charge is 0.449 e. The van der Waals surface area contributed by atoms with Crippen molar-refractivity contribution in [2.45, 2.75) is 72.9 Å². The molecule has 0 aliphatic heterocycles. The molecule has 0 fully saturated rings. The molecule has 42 heavy (non-hydrogen) atoms. The summed E-state index contributed by atoms with van der Waals surface area (Å²) in [6.45, 7) is 9.85. The predicted octanol–water partition coefficient (Wildman–Crippen LogP) is 6.48. The molecule has 0 bridgehead atoms. The molecule has 0 radical (unpaired) electrons. The number of nitrogens with one attached hydrogen (secondary N) is 1. The lowest BCUT2D eigenvalue weighted by atomic mass is 9.98. The molecule has 9 nitrogen and oxygen atoms in total. The van der Waals surface area contributed by atoms with Crippen molar-refractivity contribution >= 4 is 6.09 Å². The third-order valence-corrected chi connectivity index (χ3v) is 7.19. The van der Waals surface area contributed by atoms with E-state index in [-0.39, 0.29) is 24.1 Å². The molecule has 0 saturated heterocycles. The number of carbonyl (C=O) groups excluding carboxylic acids is 1. The number of ether oxygens (including phenoxy) is 1. The fourth-order valence-corrected chi connectivity index (χ4v) is 4.83. The van der Waals surface area contributed by atoms with Crippen molar-refractivity contribution in [1.82, 2.24) is 30.1 Å². The van der Waals surface area contributed by atoms with Crippen LogP contribution in [0, 0.1) is 5.92 Å². The number of tetrazole rings is 1. The molecule has 2 aromatic heterocycles. The second-order valence-electron chi connectivity index (χ2n) is 11.1. The topological polar surface area (TPSA) is 106 Å². The normalized spacial score (nSPS) is 11.2. The highest BCUT2D eigenvalue weighted by Gasteiger charge is 2.19. The van der Waals surface area contributed by atoms with Gasteiger partial charge in [-0.05, 0) is 59.2 Å². The van der Waals surface area contributed by atoms with Gasteiger partial charge in [-0.1, -0.05) is 89.1 Å². The number of carbonyl (C=O) groups is 1. The number of hydrogen-bond acceptors (Lipinski definition) is 6. The molecule has 0 aliphatic rings. The molecule has 1 N–H and O–H groups in total. The van der Waals surface area contributed by atoms with Crippen molar-refractivity contribution in [3.05, 3.63) is 87.8 Å². The van der Waals surface area contributed by atoms with Crippen molar-refractivity contribution in [1.29, 1.82) is 0 Å². The Balaban J connectivity index is 1.61. The van der Waals surface area contributed by atoms with Gasteiger partial charge >= 0.3 is 6.09 Å². The highest BCUT2D eigenvalue weighted by molar-refractivity contribution is 5.80. The van der Waals surface area contributed by atoms with Crippen molar-refractivity contribution < 1.29 is 9.53 Å².